The minimum Gasteiger partial charge on any atom is -0.451 e. The van der Waals surface area contributed by atoms with Gasteiger partial charge in [-0.15, -0.1) is 0 Å². The molecule has 1 N–H and O–H groups in total. The smallest absolute Gasteiger partial charge is 0.338 e. The maximum absolute atomic E-state index is 12.3. The standard InChI is InChI=1S/C17H16BrNO5S/c1-11(24-17(21)13-4-3-5-14(18)10-13)16(20)12-6-8-15(9-7-12)19-25(2,22)23/h3-11,19H,1-2H3. The molecule has 2 aromatic carbocycles. The zero-order valence-corrected chi connectivity index (χ0v) is 15.9. The molecule has 0 aliphatic heterocycles. The van der Waals surface area contributed by atoms with E-state index in [9.17, 15) is 18.0 Å². The third-order valence-electron chi connectivity index (χ3n) is 3.19. The molecule has 1 unspecified atom stereocenters. The maximum atomic E-state index is 12.3. The van der Waals surface area contributed by atoms with E-state index in [1.807, 2.05) is 0 Å². The van der Waals surface area contributed by atoms with E-state index in [1.165, 1.54) is 31.2 Å². The summed E-state index contributed by atoms with van der Waals surface area (Å²) >= 11 is 3.27. The van der Waals surface area contributed by atoms with Crippen molar-refractivity contribution in [1.82, 2.24) is 0 Å². The van der Waals surface area contributed by atoms with Crippen LogP contribution in [0.25, 0.3) is 0 Å². The number of nitrogens with one attached hydrogen (secondary N) is 1. The summed E-state index contributed by atoms with van der Waals surface area (Å²) in [6.07, 6.45) is 0.0652. The Labute approximate surface area is 154 Å². The lowest BCUT2D eigenvalue weighted by Crippen LogP contribution is -2.24. The molecule has 8 heteroatoms. The number of anilines is 1. The summed E-state index contributed by atoms with van der Waals surface area (Å²) in [6.45, 7) is 1.49. The number of rotatable bonds is 6. The average Bonchev–Trinajstić information content (AvgIpc) is 2.53. The zero-order chi connectivity index (χ0) is 18.6. The van der Waals surface area contributed by atoms with Crippen molar-refractivity contribution in [2.45, 2.75) is 13.0 Å². The van der Waals surface area contributed by atoms with Crippen molar-refractivity contribution in [3.05, 3.63) is 64.1 Å². The molecule has 0 bridgehead atoms. The first kappa shape index (κ1) is 19.1. The Balaban J connectivity index is 2.05. The van der Waals surface area contributed by atoms with Gasteiger partial charge in [0.15, 0.2) is 6.10 Å². The first-order chi connectivity index (χ1) is 11.7. The van der Waals surface area contributed by atoms with Gasteiger partial charge in [-0.25, -0.2) is 13.2 Å². The summed E-state index contributed by atoms with van der Waals surface area (Å²) in [7, 11) is -3.38. The molecule has 0 aromatic heterocycles. The van der Waals surface area contributed by atoms with E-state index in [0.717, 1.165) is 10.7 Å². The maximum Gasteiger partial charge on any atom is 0.338 e. The second-order valence-corrected chi connectivity index (χ2v) is 8.04. The van der Waals surface area contributed by atoms with E-state index in [1.54, 1.807) is 24.3 Å². The number of carbonyl (C=O) groups is 2. The molecule has 2 rings (SSSR count). The van der Waals surface area contributed by atoms with Crippen molar-refractivity contribution in [1.29, 1.82) is 0 Å². The number of ether oxygens (including phenoxy) is 1. The molecule has 0 heterocycles. The van der Waals surface area contributed by atoms with Crippen LogP contribution in [0.2, 0.25) is 0 Å². The Kier molecular flexibility index (Phi) is 5.97. The van der Waals surface area contributed by atoms with E-state index in [0.29, 0.717) is 16.8 Å². The van der Waals surface area contributed by atoms with Gasteiger partial charge in [-0.2, -0.15) is 0 Å². The summed E-state index contributed by atoms with van der Waals surface area (Å²) in [4.78, 5) is 24.4. The zero-order valence-electron chi connectivity index (χ0n) is 13.5. The summed E-state index contributed by atoms with van der Waals surface area (Å²) < 4.78 is 30.6. The first-order valence-electron chi connectivity index (χ1n) is 7.24. The number of benzene rings is 2. The lowest BCUT2D eigenvalue weighted by Gasteiger charge is -2.13. The largest absolute Gasteiger partial charge is 0.451 e. The highest BCUT2D eigenvalue weighted by atomic mass is 79.9. The Morgan fingerprint density at radius 1 is 1.08 bits per heavy atom. The second-order valence-electron chi connectivity index (χ2n) is 5.37. The Hall–Kier alpha value is -2.19. The van der Waals surface area contributed by atoms with E-state index >= 15 is 0 Å². The van der Waals surface area contributed by atoms with Crippen molar-refractivity contribution < 1.29 is 22.7 Å². The number of hydrogen-bond acceptors (Lipinski definition) is 5. The van der Waals surface area contributed by atoms with Crippen LogP contribution in [0.5, 0.6) is 0 Å². The number of ketones is 1. The van der Waals surface area contributed by atoms with Crippen LogP contribution in [0, 0.1) is 0 Å². The number of Topliss-reactive ketones (excluding diaryl/α,β-unsaturated/α-hetero) is 1. The quantitative estimate of drug-likeness (QED) is 0.566. The van der Waals surface area contributed by atoms with Crippen LogP contribution in [-0.4, -0.2) is 32.5 Å². The number of esters is 1. The van der Waals surface area contributed by atoms with Crippen molar-refractivity contribution >= 4 is 43.4 Å². The molecule has 0 amide bonds. The summed E-state index contributed by atoms with van der Waals surface area (Å²) in [6, 6.07) is 12.5. The highest BCUT2D eigenvalue weighted by molar-refractivity contribution is 9.10. The molecule has 0 aliphatic carbocycles. The first-order valence-corrected chi connectivity index (χ1v) is 9.93. The molecular formula is C17H16BrNO5S. The highest BCUT2D eigenvalue weighted by Gasteiger charge is 2.20. The Morgan fingerprint density at radius 3 is 2.28 bits per heavy atom. The minimum atomic E-state index is -3.38. The number of carbonyl (C=O) groups excluding carboxylic acids is 2. The Bertz CT molecular complexity index is 894. The molecule has 2 aromatic rings. The van der Waals surface area contributed by atoms with Crippen LogP contribution in [-0.2, 0) is 14.8 Å². The van der Waals surface area contributed by atoms with Crippen LogP contribution in [0.1, 0.15) is 27.6 Å². The third kappa shape index (κ3) is 5.68. The van der Waals surface area contributed by atoms with Crippen molar-refractivity contribution in [2.24, 2.45) is 0 Å². The summed E-state index contributed by atoms with van der Waals surface area (Å²) in [5.74, 6) is -0.980. The topological polar surface area (TPSA) is 89.5 Å². The predicted molar refractivity (Wildman–Crippen MR) is 98.3 cm³/mol. The van der Waals surface area contributed by atoms with Gasteiger partial charge < -0.3 is 4.74 Å². The van der Waals surface area contributed by atoms with E-state index in [2.05, 4.69) is 20.7 Å². The van der Waals surface area contributed by atoms with Gasteiger partial charge in [0.1, 0.15) is 0 Å². The average molecular weight is 426 g/mol. The molecule has 132 valence electrons. The van der Waals surface area contributed by atoms with Crippen LogP contribution < -0.4 is 4.72 Å². The molecule has 0 spiro atoms. The van der Waals surface area contributed by atoms with Crippen LogP contribution >= 0.6 is 15.9 Å². The molecule has 25 heavy (non-hydrogen) atoms. The lowest BCUT2D eigenvalue weighted by atomic mass is 10.1. The third-order valence-corrected chi connectivity index (χ3v) is 4.29. The molecule has 0 fully saturated rings. The Morgan fingerprint density at radius 2 is 1.72 bits per heavy atom. The second kappa shape index (κ2) is 7.79. The fourth-order valence-electron chi connectivity index (χ4n) is 2.05. The van der Waals surface area contributed by atoms with E-state index < -0.39 is 22.1 Å². The minimum absolute atomic E-state index is 0.314. The number of hydrogen-bond donors (Lipinski definition) is 1. The van der Waals surface area contributed by atoms with Gasteiger partial charge in [0.25, 0.3) is 0 Å². The molecule has 0 radical (unpaired) electrons. The van der Waals surface area contributed by atoms with Crippen LogP contribution in [0.4, 0.5) is 5.69 Å². The van der Waals surface area contributed by atoms with Gasteiger partial charge in [-0.1, -0.05) is 22.0 Å². The summed E-state index contributed by atoms with van der Waals surface area (Å²) in [5, 5.41) is 0. The molecule has 0 saturated heterocycles. The fourth-order valence-corrected chi connectivity index (χ4v) is 3.01. The van der Waals surface area contributed by atoms with Crippen molar-refractivity contribution in [3.8, 4) is 0 Å². The highest BCUT2D eigenvalue weighted by Crippen LogP contribution is 2.16. The molecule has 1 atom stereocenters. The normalized spacial score (nSPS) is 12.3. The lowest BCUT2D eigenvalue weighted by molar-refractivity contribution is 0.0318. The monoisotopic (exact) mass is 425 g/mol. The molecule has 6 nitrogen and oxygen atoms in total. The van der Waals surface area contributed by atoms with Gasteiger partial charge in [-0.3, -0.25) is 9.52 Å². The number of sulfonamides is 1. The van der Waals surface area contributed by atoms with Crippen molar-refractivity contribution in [3.63, 3.8) is 0 Å². The fraction of sp³-hybridized carbons (Fsp3) is 0.176. The van der Waals surface area contributed by atoms with Crippen LogP contribution in [0.15, 0.2) is 53.0 Å². The number of halogens is 1. The van der Waals surface area contributed by atoms with Crippen LogP contribution in [0.3, 0.4) is 0 Å². The summed E-state index contributed by atoms with van der Waals surface area (Å²) in [5.41, 5.74) is 0.994. The van der Waals surface area contributed by atoms with Gasteiger partial charge in [0, 0.05) is 15.7 Å². The van der Waals surface area contributed by atoms with E-state index in [4.69, 9.17) is 4.74 Å². The molecule has 0 saturated carbocycles. The SMILES string of the molecule is CC(OC(=O)c1cccc(Br)c1)C(=O)c1ccc(NS(C)(=O)=O)cc1. The van der Waals surface area contributed by atoms with Gasteiger partial charge in [0.2, 0.25) is 15.8 Å². The van der Waals surface area contributed by atoms with Crippen molar-refractivity contribution in [2.75, 3.05) is 11.0 Å². The van der Waals surface area contributed by atoms with Gasteiger partial charge in [-0.05, 0) is 49.4 Å². The molecule has 0 aliphatic rings. The predicted octanol–water partition coefficient (Wildman–Crippen LogP) is 3.25. The molecular weight excluding hydrogens is 410 g/mol. The van der Waals surface area contributed by atoms with E-state index in [-0.39, 0.29) is 5.78 Å². The van der Waals surface area contributed by atoms with Gasteiger partial charge >= 0.3 is 5.97 Å². The van der Waals surface area contributed by atoms with Gasteiger partial charge in [0.05, 0.1) is 11.8 Å².